The average molecular weight is 423 g/mol. The molecule has 2 heterocycles. The van der Waals surface area contributed by atoms with Gasteiger partial charge in [-0.25, -0.2) is 0 Å². The maximum atomic E-state index is 13.2. The highest BCUT2D eigenvalue weighted by Gasteiger charge is 2.41. The number of nitrogens with zero attached hydrogens (tertiary/aromatic N) is 3. The first-order chi connectivity index (χ1) is 14.9. The molecule has 0 saturated carbocycles. The van der Waals surface area contributed by atoms with Gasteiger partial charge >= 0.3 is 0 Å². The highest BCUT2D eigenvalue weighted by Crippen LogP contribution is 2.38. The molecule has 2 atom stereocenters. The number of hydrogen-bond acceptors (Lipinski definition) is 5. The first-order valence-corrected chi connectivity index (χ1v) is 11.0. The van der Waals surface area contributed by atoms with E-state index >= 15 is 0 Å². The van der Waals surface area contributed by atoms with Gasteiger partial charge in [0.05, 0.1) is 16.9 Å². The number of hydrogen-bond donors (Lipinski definition) is 1. The Morgan fingerprint density at radius 2 is 1.97 bits per heavy atom. The second-order valence-electron chi connectivity index (χ2n) is 9.00. The van der Waals surface area contributed by atoms with E-state index in [9.17, 15) is 14.9 Å². The zero-order valence-corrected chi connectivity index (χ0v) is 18.2. The van der Waals surface area contributed by atoms with E-state index in [-0.39, 0.29) is 28.5 Å². The topological polar surface area (TPSA) is 78.7 Å². The Morgan fingerprint density at radius 3 is 2.68 bits per heavy atom. The lowest BCUT2D eigenvalue weighted by molar-refractivity contribution is -0.384. The zero-order valence-electron chi connectivity index (χ0n) is 18.2. The summed E-state index contributed by atoms with van der Waals surface area (Å²) < 4.78 is 0. The summed E-state index contributed by atoms with van der Waals surface area (Å²) in [6.45, 7) is 8.14. The van der Waals surface area contributed by atoms with Gasteiger partial charge in [0.2, 0.25) is 5.91 Å². The number of carbonyl (C=O) groups excluding carboxylic acids is 1. The summed E-state index contributed by atoms with van der Waals surface area (Å²) in [6.07, 6.45) is 0.529. The molecule has 2 aromatic carbocycles. The van der Waals surface area contributed by atoms with Crippen molar-refractivity contribution < 1.29 is 9.72 Å². The van der Waals surface area contributed by atoms with Gasteiger partial charge in [-0.1, -0.05) is 44.2 Å². The van der Waals surface area contributed by atoms with Gasteiger partial charge in [-0.2, -0.15) is 0 Å². The standard InChI is InChI=1S/C24H30N4O3/c1-17(2)14-25-24(29)21-13-19-12-20(28(30)31)8-9-22(19)27-11-10-26(16-23(21)27)15-18-6-4-3-5-7-18/h3-9,12,17,21,23H,10-11,13-16H2,1-2H3,(H,25,29). The summed E-state index contributed by atoms with van der Waals surface area (Å²) in [5.41, 5.74) is 3.28. The van der Waals surface area contributed by atoms with Crippen LogP contribution < -0.4 is 10.2 Å². The van der Waals surface area contributed by atoms with Crippen LogP contribution in [0.5, 0.6) is 0 Å². The number of piperazine rings is 1. The molecule has 2 aliphatic heterocycles. The third-order valence-electron chi connectivity index (χ3n) is 6.26. The fourth-order valence-electron chi connectivity index (χ4n) is 4.70. The van der Waals surface area contributed by atoms with Crippen molar-refractivity contribution in [3.63, 3.8) is 0 Å². The molecule has 7 heteroatoms. The molecule has 0 bridgehead atoms. The van der Waals surface area contributed by atoms with Gasteiger partial charge in [0.25, 0.3) is 5.69 Å². The third kappa shape index (κ3) is 4.71. The summed E-state index contributed by atoms with van der Waals surface area (Å²) in [6, 6.07) is 15.5. The molecule has 1 amide bonds. The van der Waals surface area contributed by atoms with E-state index in [1.807, 2.05) is 12.1 Å². The number of nitrogens with one attached hydrogen (secondary N) is 1. The van der Waals surface area contributed by atoms with Crippen molar-refractivity contribution in [3.8, 4) is 0 Å². The number of nitro groups is 1. The first-order valence-electron chi connectivity index (χ1n) is 11.0. The van der Waals surface area contributed by atoms with Crippen molar-refractivity contribution in [3.05, 3.63) is 69.8 Å². The van der Waals surface area contributed by atoms with Gasteiger partial charge in [0, 0.05) is 50.5 Å². The van der Waals surface area contributed by atoms with Crippen molar-refractivity contribution in [2.75, 3.05) is 31.1 Å². The minimum Gasteiger partial charge on any atom is -0.365 e. The summed E-state index contributed by atoms with van der Waals surface area (Å²) in [4.78, 5) is 28.8. The van der Waals surface area contributed by atoms with Gasteiger partial charge in [-0.15, -0.1) is 0 Å². The normalized spacial score (nSPS) is 20.8. The molecule has 1 saturated heterocycles. The number of fused-ring (bicyclic) bond motifs is 3. The van der Waals surface area contributed by atoms with E-state index < -0.39 is 0 Å². The maximum absolute atomic E-state index is 13.2. The van der Waals surface area contributed by atoms with Crippen molar-refractivity contribution in [2.45, 2.75) is 32.9 Å². The van der Waals surface area contributed by atoms with Crippen LogP contribution in [0.15, 0.2) is 48.5 Å². The highest BCUT2D eigenvalue weighted by molar-refractivity contribution is 5.82. The van der Waals surface area contributed by atoms with Crippen LogP contribution >= 0.6 is 0 Å². The van der Waals surface area contributed by atoms with Crippen molar-refractivity contribution in [2.24, 2.45) is 11.8 Å². The van der Waals surface area contributed by atoms with Crippen LogP contribution in [0.1, 0.15) is 25.0 Å². The van der Waals surface area contributed by atoms with Crippen molar-refractivity contribution >= 4 is 17.3 Å². The van der Waals surface area contributed by atoms with E-state index in [1.54, 1.807) is 12.1 Å². The van der Waals surface area contributed by atoms with E-state index in [0.717, 1.165) is 37.4 Å². The molecule has 31 heavy (non-hydrogen) atoms. The van der Waals surface area contributed by atoms with E-state index in [0.29, 0.717) is 18.9 Å². The summed E-state index contributed by atoms with van der Waals surface area (Å²) in [5.74, 6) is 0.187. The molecule has 0 radical (unpaired) electrons. The number of nitro benzene ring substituents is 1. The van der Waals surface area contributed by atoms with Crippen LogP contribution in [0.2, 0.25) is 0 Å². The molecule has 0 aliphatic carbocycles. The molecule has 2 unspecified atom stereocenters. The molecular weight excluding hydrogens is 392 g/mol. The predicted octanol–water partition coefficient (Wildman–Crippen LogP) is 3.23. The van der Waals surface area contributed by atoms with Crippen LogP contribution in [0.3, 0.4) is 0 Å². The van der Waals surface area contributed by atoms with Gasteiger partial charge in [0.1, 0.15) is 0 Å². The van der Waals surface area contributed by atoms with E-state index in [1.165, 1.54) is 5.56 Å². The largest absolute Gasteiger partial charge is 0.365 e. The number of rotatable bonds is 6. The summed E-state index contributed by atoms with van der Waals surface area (Å²) in [7, 11) is 0. The van der Waals surface area contributed by atoms with Crippen LogP contribution in [-0.4, -0.2) is 48.0 Å². The van der Waals surface area contributed by atoms with E-state index in [2.05, 4.69) is 53.2 Å². The monoisotopic (exact) mass is 422 g/mol. The Hall–Kier alpha value is -2.93. The molecule has 0 aromatic heterocycles. The fraction of sp³-hybridized carbons (Fsp3) is 0.458. The van der Waals surface area contributed by atoms with Crippen LogP contribution in [0, 0.1) is 22.0 Å². The highest BCUT2D eigenvalue weighted by atomic mass is 16.6. The number of carbonyl (C=O) groups is 1. The number of anilines is 1. The third-order valence-corrected chi connectivity index (χ3v) is 6.26. The maximum Gasteiger partial charge on any atom is 0.269 e. The minimum absolute atomic E-state index is 0.0439. The molecule has 2 aliphatic rings. The molecule has 1 N–H and O–H groups in total. The predicted molar refractivity (Wildman–Crippen MR) is 121 cm³/mol. The lowest BCUT2D eigenvalue weighted by Crippen LogP contribution is -2.61. The van der Waals surface area contributed by atoms with E-state index in [4.69, 9.17) is 0 Å². The summed E-state index contributed by atoms with van der Waals surface area (Å²) >= 11 is 0. The average Bonchev–Trinajstić information content (AvgIpc) is 2.77. The number of non-ortho nitro benzene ring substituents is 1. The van der Waals surface area contributed by atoms with Crippen LogP contribution in [0.4, 0.5) is 11.4 Å². The Kier molecular flexibility index (Phi) is 6.23. The van der Waals surface area contributed by atoms with Crippen LogP contribution in [-0.2, 0) is 17.8 Å². The van der Waals surface area contributed by atoms with Gasteiger partial charge in [0.15, 0.2) is 0 Å². The first kappa shape index (κ1) is 21.3. The SMILES string of the molecule is CC(C)CNC(=O)C1Cc2cc([N+](=O)[O-])ccc2N2CCN(Cc3ccccc3)CC12. The van der Waals surface area contributed by atoms with Gasteiger partial charge in [-0.3, -0.25) is 19.8 Å². The Labute approximate surface area is 183 Å². The molecule has 4 rings (SSSR count). The molecular formula is C24H30N4O3. The Bertz CT molecular complexity index is 947. The van der Waals surface area contributed by atoms with Crippen molar-refractivity contribution in [1.82, 2.24) is 10.2 Å². The van der Waals surface area contributed by atoms with Gasteiger partial charge < -0.3 is 10.2 Å². The number of amides is 1. The molecule has 7 nitrogen and oxygen atoms in total. The lowest BCUT2D eigenvalue weighted by Gasteiger charge is -2.49. The molecule has 1 fully saturated rings. The second-order valence-corrected chi connectivity index (χ2v) is 9.00. The number of benzene rings is 2. The second kappa shape index (κ2) is 9.06. The molecule has 2 aromatic rings. The Morgan fingerprint density at radius 1 is 1.19 bits per heavy atom. The smallest absolute Gasteiger partial charge is 0.269 e. The fourth-order valence-corrected chi connectivity index (χ4v) is 4.70. The molecule has 0 spiro atoms. The minimum atomic E-state index is -0.363. The molecule has 164 valence electrons. The van der Waals surface area contributed by atoms with Gasteiger partial charge in [-0.05, 0) is 29.5 Å². The quantitative estimate of drug-likeness (QED) is 0.571. The van der Waals surface area contributed by atoms with Crippen molar-refractivity contribution in [1.29, 1.82) is 0 Å². The Balaban J connectivity index is 1.60. The summed E-state index contributed by atoms with van der Waals surface area (Å²) in [5, 5.41) is 14.4. The van der Waals surface area contributed by atoms with Crippen LogP contribution in [0.25, 0.3) is 0 Å². The zero-order chi connectivity index (χ0) is 22.0. The lowest BCUT2D eigenvalue weighted by atomic mass is 9.83.